The second-order valence-electron chi connectivity index (χ2n) is 4.85. The zero-order valence-electron chi connectivity index (χ0n) is 11.8. The second-order valence-corrected chi connectivity index (χ2v) is 6.81. The number of primary sulfonamides is 1. The smallest absolute Gasteiger partial charge is 0.238 e. The van der Waals surface area contributed by atoms with Gasteiger partial charge in [-0.2, -0.15) is 0 Å². The third-order valence-corrected chi connectivity index (χ3v) is 4.35. The Balaban J connectivity index is 2.24. The van der Waals surface area contributed by atoms with Crippen LogP contribution >= 0.6 is 11.6 Å². The standard InChI is InChI=1S/C15H16ClNO3S/c1-10-7-15(21(17,18)19)11(2)6-14(10)20-9-12-4-3-5-13(16)8-12/h3-8H,9H2,1-2H3,(H2,17,18,19). The molecule has 2 aromatic carbocycles. The van der Waals surface area contributed by atoms with Gasteiger partial charge < -0.3 is 4.74 Å². The van der Waals surface area contributed by atoms with E-state index in [4.69, 9.17) is 21.5 Å². The van der Waals surface area contributed by atoms with Gasteiger partial charge in [0.2, 0.25) is 10.0 Å². The normalized spacial score (nSPS) is 11.4. The Hall–Kier alpha value is -1.56. The maximum atomic E-state index is 11.5. The van der Waals surface area contributed by atoms with Crippen LogP contribution in [0.15, 0.2) is 41.3 Å². The summed E-state index contributed by atoms with van der Waals surface area (Å²) in [4.78, 5) is 0.120. The molecular weight excluding hydrogens is 310 g/mol. The lowest BCUT2D eigenvalue weighted by Gasteiger charge is -2.12. The molecule has 6 heteroatoms. The van der Waals surface area contributed by atoms with Gasteiger partial charge in [0.1, 0.15) is 12.4 Å². The molecule has 4 nitrogen and oxygen atoms in total. The molecule has 0 saturated heterocycles. The maximum absolute atomic E-state index is 11.5. The van der Waals surface area contributed by atoms with Crippen LogP contribution in [0.3, 0.4) is 0 Å². The summed E-state index contributed by atoms with van der Waals surface area (Å²) in [5.74, 6) is 0.625. The number of hydrogen-bond donors (Lipinski definition) is 1. The van der Waals surface area contributed by atoms with Crippen molar-refractivity contribution in [2.24, 2.45) is 5.14 Å². The van der Waals surface area contributed by atoms with E-state index in [1.807, 2.05) is 18.2 Å². The first-order chi connectivity index (χ1) is 9.77. The van der Waals surface area contributed by atoms with Crippen molar-refractivity contribution in [1.82, 2.24) is 0 Å². The van der Waals surface area contributed by atoms with Gasteiger partial charge in [0.25, 0.3) is 0 Å². The van der Waals surface area contributed by atoms with Crippen LogP contribution in [0, 0.1) is 13.8 Å². The average molecular weight is 326 g/mol. The Morgan fingerprint density at radius 1 is 1.14 bits per heavy atom. The van der Waals surface area contributed by atoms with Crippen molar-refractivity contribution < 1.29 is 13.2 Å². The summed E-state index contributed by atoms with van der Waals surface area (Å²) in [6, 6.07) is 10.6. The molecule has 2 aromatic rings. The summed E-state index contributed by atoms with van der Waals surface area (Å²) < 4.78 is 28.6. The molecule has 0 spiro atoms. The highest BCUT2D eigenvalue weighted by molar-refractivity contribution is 7.89. The molecule has 0 radical (unpaired) electrons. The van der Waals surface area contributed by atoms with Gasteiger partial charge in [-0.05, 0) is 54.8 Å². The van der Waals surface area contributed by atoms with Gasteiger partial charge in [0.05, 0.1) is 4.90 Å². The highest BCUT2D eigenvalue weighted by atomic mass is 35.5. The summed E-state index contributed by atoms with van der Waals surface area (Å²) >= 11 is 5.92. The van der Waals surface area contributed by atoms with Crippen LogP contribution in [0.4, 0.5) is 0 Å². The Kier molecular flexibility index (Phi) is 4.56. The number of hydrogen-bond acceptors (Lipinski definition) is 3. The molecule has 0 aromatic heterocycles. The third-order valence-electron chi connectivity index (χ3n) is 3.06. The molecule has 2 rings (SSSR count). The number of sulfonamides is 1. The lowest BCUT2D eigenvalue weighted by molar-refractivity contribution is 0.303. The van der Waals surface area contributed by atoms with E-state index in [2.05, 4.69) is 0 Å². The fraction of sp³-hybridized carbons (Fsp3) is 0.200. The zero-order valence-corrected chi connectivity index (χ0v) is 13.3. The van der Waals surface area contributed by atoms with Crippen LogP contribution in [-0.4, -0.2) is 8.42 Å². The van der Waals surface area contributed by atoms with E-state index in [1.54, 1.807) is 26.0 Å². The predicted octanol–water partition coefficient (Wildman–Crippen LogP) is 3.18. The zero-order chi connectivity index (χ0) is 15.6. The van der Waals surface area contributed by atoms with Crippen LogP contribution in [0.1, 0.15) is 16.7 Å². The van der Waals surface area contributed by atoms with Crippen LogP contribution < -0.4 is 9.88 Å². The van der Waals surface area contributed by atoms with E-state index in [0.717, 1.165) is 5.56 Å². The fourth-order valence-corrected chi connectivity index (χ4v) is 3.07. The largest absolute Gasteiger partial charge is 0.489 e. The van der Waals surface area contributed by atoms with Gasteiger partial charge in [-0.15, -0.1) is 0 Å². The lowest BCUT2D eigenvalue weighted by Crippen LogP contribution is -2.14. The topological polar surface area (TPSA) is 69.4 Å². The SMILES string of the molecule is Cc1cc(S(N)(=O)=O)c(C)cc1OCc1cccc(Cl)c1. The highest BCUT2D eigenvalue weighted by Crippen LogP contribution is 2.26. The molecule has 112 valence electrons. The number of aryl methyl sites for hydroxylation is 2. The molecule has 0 fully saturated rings. The van der Waals surface area contributed by atoms with Crippen LogP contribution in [-0.2, 0) is 16.6 Å². The first-order valence-electron chi connectivity index (χ1n) is 6.28. The minimum absolute atomic E-state index is 0.120. The maximum Gasteiger partial charge on any atom is 0.238 e. The third kappa shape index (κ3) is 3.97. The summed E-state index contributed by atoms with van der Waals surface area (Å²) in [5, 5.41) is 5.82. The molecule has 0 aliphatic rings. The molecule has 0 amide bonds. The van der Waals surface area contributed by atoms with Gasteiger partial charge in [0.15, 0.2) is 0 Å². The Labute approximate surface area is 129 Å². The first-order valence-corrected chi connectivity index (χ1v) is 8.21. The van der Waals surface area contributed by atoms with Crippen molar-refractivity contribution in [3.05, 3.63) is 58.1 Å². The molecule has 0 heterocycles. The summed E-state index contributed by atoms with van der Waals surface area (Å²) in [6.45, 7) is 3.82. The van der Waals surface area contributed by atoms with Gasteiger partial charge in [-0.1, -0.05) is 23.7 Å². The van der Waals surface area contributed by atoms with Gasteiger partial charge in [-0.3, -0.25) is 0 Å². The van der Waals surface area contributed by atoms with Crippen molar-refractivity contribution in [3.63, 3.8) is 0 Å². The second kappa shape index (κ2) is 6.05. The van der Waals surface area contributed by atoms with Crippen molar-refractivity contribution in [2.45, 2.75) is 25.3 Å². The Morgan fingerprint density at radius 2 is 1.86 bits per heavy atom. The fourth-order valence-electron chi connectivity index (χ4n) is 2.01. The molecule has 0 aliphatic heterocycles. The minimum atomic E-state index is -3.72. The van der Waals surface area contributed by atoms with Crippen LogP contribution in [0.5, 0.6) is 5.75 Å². The molecule has 21 heavy (non-hydrogen) atoms. The molecule has 2 N–H and O–H groups in total. The van der Waals surface area contributed by atoms with E-state index < -0.39 is 10.0 Å². The van der Waals surface area contributed by atoms with Gasteiger partial charge >= 0.3 is 0 Å². The molecule has 0 saturated carbocycles. The number of halogens is 1. The monoisotopic (exact) mass is 325 g/mol. The Bertz CT molecular complexity index is 772. The number of benzene rings is 2. The van der Waals surface area contributed by atoms with E-state index >= 15 is 0 Å². The number of nitrogens with two attached hydrogens (primary N) is 1. The summed E-state index contributed by atoms with van der Waals surface area (Å²) in [7, 11) is -3.72. The quantitative estimate of drug-likeness (QED) is 0.938. The molecule has 0 atom stereocenters. The van der Waals surface area contributed by atoms with E-state index in [9.17, 15) is 8.42 Å². The number of rotatable bonds is 4. The lowest BCUT2D eigenvalue weighted by atomic mass is 10.1. The predicted molar refractivity (Wildman–Crippen MR) is 83.1 cm³/mol. The van der Waals surface area contributed by atoms with Crippen molar-refractivity contribution in [1.29, 1.82) is 0 Å². The summed E-state index contributed by atoms with van der Waals surface area (Å²) in [5.41, 5.74) is 2.21. The first kappa shape index (κ1) is 15.8. The average Bonchev–Trinajstić information content (AvgIpc) is 2.38. The van der Waals surface area contributed by atoms with E-state index in [-0.39, 0.29) is 4.90 Å². The van der Waals surface area contributed by atoms with Crippen molar-refractivity contribution in [2.75, 3.05) is 0 Å². The van der Waals surface area contributed by atoms with Gasteiger partial charge in [0, 0.05) is 5.02 Å². The molecule has 0 unspecified atom stereocenters. The number of ether oxygens (including phenoxy) is 1. The van der Waals surface area contributed by atoms with E-state index in [0.29, 0.717) is 28.5 Å². The minimum Gasteiger partial charge on any atom is -0.489 e. The van der Waals surface area contributed by atoms with Gasteiger partial charge in [-0.25, -0.2) is 13.6 Å². The highest BCUT2D eigenvalue weighted by Gasteiger charge is 2.14. The van der Waals surface area contributed by atoms with E-state index in [1.165, 1.54) is 6.07 Å². The molecular formula is C15H16ClNO3S. The summed E-state index contributed by atoms with van der Waals surface area (Å²) in [6.07, 6.45) is 0. The van der Waals surface area contributed by atoms with Crippen molar-refractivity contribution in [3.8, 4) is 5.75 Å². The van der Waals surface area contributed by atoms with Crippen LogP contribution in [0.25, 0.3) is 0 Å². The van der Waals surface area contributed by atoms with Crippen molar-refractivity contribution >= 4 is 21.6 Å². The molecule has 0 aliphatic carbocycles. The Morgan fingerprint density at radius 3 is 2.48 bits per heavy atom. The van der Waals surface area contributed by atoms with Crippen LogP contribution in [0.2, 0.25) is 5.02 Å². The molecule has 0 bridgehead atoms.